The molecule has 0 unspecified atom stereocenters. The topological polar surface area (TPSA) is 12.9 Å². The van der Waals surface area contributed by atoms with E-state index < -0.39 is 9.52 Å². The molecule has 0 N–H and O–H groups in total. The van der Waals surface area contributed by atoms with Crippen molar-refractivity contribution in [3.05, 3.63) is 140 Å². The average molecular weight is 488 g/mol. The third-order valence-electron chi connectivity index (χ3n) is 7.37. The lowest BCUT2D eigenvalue weighted by Gasteiger charge is -2.19. The highest BCUT2D eigenvalue weighted by Gasteiger charge is 2.18. The van der Waals surface area contributed by atoms with E-state index in [0.717, 1.165) is 0 Å². The van der Waals surface area contributed by atoms with Gasteiger partial charge in [-0.2, -0.15) is 0 Å². The minimum atomic E-state index is -0.596. The second kappa shape index (κ2) is 9.16. The third kappa shape index (κ3) is 3.83. The van der Waals surface area contributed by atoms with Crippen molar-refractivity contribution in [1.82, 2.24) is 4.98 Å². The van der Waals surface area contributed by atoms with Gasteiger partial charge >= 0.3 is 0 Å². The Kier molecular flexibility index (Phi) is 5.38. The van der Waals surface area contributed by atoms with Crippen LogP contribution in [0.4, 0.5) is 0 Å². The number of hydrogen-bond donors (Lipinski definition) is 0. The zero-order valence-electron chi connectivity index (χ0n) is 20.4. The van der Waals surface area contributed by atoms with Crippen molar-refractivity contribution in [3.8, 4) is 22.3 Å². The normalized spacial score (nSPS) is 11.7. The molecule has 0 aliphatic heterocycles. The molecule has 0 saturated heterocycles. The van der Waals surface area contributed by atoms with E-state index >= 15 is 0 Å². The number of benzene rings is 6. The molecule has 2 heteroatoms. The van der Waals surface area contributed by atoms with E-state index in [9.17, 15) is 0 Å². The van der Waals surface area contributed by atoms with Gasteiger partial charge in [0.25, 0.3) is 0 Å². The molecule has 0 spiro atoms. The number of nitrogens with zero attached hydrogens (tertiary/aromatic N) is 1. The molecule has 0 fully saturated rings. The van der Waals surface area contributed by atoms with Crippen LogP contribution in [0.3, 0.4) is 0 Å². The number of aromatic nitrogens is 1. The fraction of sp³-hybridized carbons (Fsp3) is 0. The molecule has 6 aromatic carbocycles. The van der Waals surface area contributed by atoms with E-state index in [4.69, 9.17) is 0 Å². The summed E-state index contributed by atoms with van der Waals surface area (Å²) in [5.41, 5.74) is 5.10. The van der Waals surface area contributed by atoms with Crippen LogP contribution in [0.2, 0.25) is 0 Å². The van der Waals surface area contributed by atoms with Gasteiger partial charge in [0.05, 0.1) is 9.52 Å². The minimum absolute atomic E-state index is 0.596. The maximum atomic E-state index is 4.30. The minimum Gasteiger partial charge on any atom is -0.265 e. The van der Waals surface area contributed by atoms with Crippen molar-refractivity contribution in [2.45, 2.75) is 0 Å². The first-order valence-corrected chi connectivity index (χ1v) is 14.2. The quantitative estimate of drug-likeness (QED) is 0.192. The van der Waals surface area contributed by atoms with Crippen molar-refractivity contribution in [1.29, 1.82) is 0 Å². The highest BCUT2D eigenvalue weighted by Crippen LogP contribution is 2.44. The second-order valence-electron chi connectivity index (χ2n) is 9.60. The third-order valence-corrected chi connectivity index (χ3v) is 9.10. The molecule has 0 amide bonds. The Labute approximate surface area is 218 Å². The van der Waals surface area contributed by atoms with Crippen LogP contribution in [0.25, 0.3) is 54.6 Å². The molecule has 0 atom stereocenters. The lowest BCUT2D eigenvalue weighted by Crippen LogP contribution is -2.26. The van der Waals surface area contributed by atoms with Crippen LogP contribution in [0.5, 0.6) is 0 Å². The maximum absolute atomic E-state index is 4.30. The van der Waals surface area contributed by atoms with Crippen molar-refractivity contribution in [2.24, 2.45) is 0 Å². The molecule has 0 saturated carbocycles. The van der Waals surface area contributed by atoms with E-state index in [1.807, 2.05) is 12.4 Å². The molecule has 1 aromatic heterocycles. The Balaban J connectivity index is 1.62. The first-order valence-electron chi connectivity index (χ1n) is 12.8. The highest BCUT2D eigenvalue weighted by atomic mass is 28.2. The van der Waals surface area contributed by atoms with Gasteiger partial charge in [-0.25, -0.2) is 0 Å². The van der Waals surface area contributed by atoms with E-state index in [2.05, 4.69) is 132 Å². The molecule has 7 rings (SSSR count). The van der Waals surface area contributed by atoms with Crippen molar-refractivity contribution in [2.75, 3.05) is 0 Å². The molecule has 174 valence electrons. The maximum Gasteiger partial charge on any atom is 0.0875 e. The zero-order chi connectivity index (χ0) is 24.6. The largest absolute Gasteiger partial charge is 0.265 e. The van der Waals surface area contributed by atoms with E-state index in [-0.39, 0.29) is 0 Å². The second-order valence-corrected chi connectivity index (χ2v) is 11.6. The molecule has 0 radical (unpaired) electrons. The highest BCUT2D eigenvalue weighted by molar-refractivity contribution is 6.67. The van der Waals surface area contributed by atoms with Gasteiger partial charge in [0.2, 0.25) is 0 Å². The first kappa shape index (κ1) is 21.7. The Morgan fingerprint density at radius 3 is 1.89 bits per heavy atom. The van der Waals surface area contributed by atoms with E-state index in [0.29, 0.717) is 0 Å². The van der Waals surface area contributed by atoms with Crippen LogP contribution >= 0.6 is 0 Å². The summed E-state index contributed by atoms with van der Waals surface area (Å²) in [6, 6.07) is 46.7. The molecule has 1 heterocycles. The van der Waals surface area contributed by atoms with Crippen molar-refractivity contribution in [3.63, 3.8) is 0 Å². The summed E-state index contributed by atoms with van der Waals surface area (Å²) >= 11 is 0. The van der Waals surface area contributed by atoms with Gasteiger partial charge in [0, 0.05) is 12.4 Å². The fourth-order valence-electron chi connectivity index (χ4n) is 5.73. The van der Waals surface area contributed by atoms with Crippen LogP contribution in [-0.2, 0) is 0 Å². The zero-order valence-corrected chi connectivity index (χ0v) is 21.8. The number of pyridine rings is 1. The van der Waals surface area contributed by atoms with Crippen molar-refractivity contribution >= 4 is 52.2 Å². The molecule has 0 aliphatic rings. The van der Waals surface area contributed by atoms with Crippen LogP contribution in [0.1, 0.15) is 0 Å². The summed E-state index contributed by atoms with van der Waals surface area (Å²) in [5.74, 6) is 0. The van der Waals surface area contributed by atoms with Gasteiger partial charge in [-0.15, -0.1) is 0 Å². The monoisotopic (exact) mass is 487 g/mol. The summed E-state index contributed by atoms with van der Waals surface area (Å²) in [7, 11) is -0.596. The summed E-state index contributed by atoms with van der Waals surface area (Å²) in [4.78, 5) is 4.30. The first-order chi connectivity index (χ1) is 18.4. The number of rotatable bonds is 4. The van der Waals surface area contributed by atoms with Gasteiger partial charge in [0.1, 0.15) is 0 Å². The Morgan fingerprint density at radius 1 is 0.432 bits per heavy atom. The summed E-state index contributed by atoms with van der Waals surface area (Å²) in [6.45, 7) is 0. The molecule has 0 aliphatic carbocycles. The lowest BCUT2D eigenvalue weighted by atomic mass is 9.85. The predicted molar refractivity (Wildman–Crippen MR) is 162 cm³/mol. The van der Waals surface area contributed by atoms with Gasteiger partial charge in [-0.05, 0) is 66.7 Å². The van der Waals surface area contributed by atoms with Crippen LogP contribution in [0.15, 0.2) is 140 Å². The molecular formula is C35H25NSi. The Bertz CT molecular complexity index is 1890. The van der Waals surface area contributed by atoms with Gasteiger partial charge in [-0.3, -0.25) is 4.98 Å². The summed E-state index contributed by atoms with van der Waals surface area (Å²) in [5, 5.41) is 10.7. The Hall–Kier alpha value is -4.53. The Morgan fingerprint density at radius 2 is 1.08 bits per heavy atom. The van der Waals surface area contributed by atoms with Gasteiger partial charge in [-0.1, -0.05) is 126 Å². The van der Waals surface area contributed by atoms with Crippen LogP contribution in [-0.4, -0.2) is 14.5 Å². The summed E-state index contributed by atoms with van der Waals surface area (Å²) < 4.78 is 0. The van der Waals surface area contributed by atoms with E-state index in [1.165, 1.54) is 64.9 Å². The number of fused-ring (bicyclic) bond motifs is 3. The lowest BCUT2D eigenvalue weighted by molar-refractivity contribution is 1.33. The molecule has 7 aromatic rings. The molecule has 37 heavy (non-hydrogen) atoms. The summed E-state index contributed by atoms with van der Waals surface area (Å²) in [6.07, 6.45) is 3.79. The average Bonchev–Trinajstić information content (AvgIpc) is 2.97. The smallest absolute Gasteiger partial charge is 0.0875 e. The van der Waals surface area contributed by atoms with Crippen LogP contribution in [0, 0.1) is 0 Å². The molecular weight excluding hydrogens is 462 g/mol. The van der Waals surface area contributed by atoms with Gasteiger partial charge in [0.15, 0.2) is 0 Å². The SMILES string of the molecule is c1ccc([SiH2]c2ccc3c(-c4ccncc4)c4ccccc4c(-c4cccc5ccccc45)c3c2)cc1. The fourth-order valence-corrected chi connectivity index (χ4v) is 7.25. The van der Waals surface area contributed by atoms with Crippen LogP contribution < -0.4 is 10.4 Å². The van der Waals surface area contributed by atoms with Crippen molar-refractivity contribution < 1.29 is 0 Å². The molecule has 1 nitrogen and oxygen atoms in total. The van der Waals surface area contributed by atoms with E-state index in [1.54, 1.807) is 0 Å². The predicted octanol–water partition coefficient (Wildman–Crippen LogP) is 6.99. The van der Waals surface area contributed by atoms with Gasteiger partial charge < -0.3 is 0 Å². The standard InChI is InChI=1S/C35H25NSi/c1-2-11-26(12-3-1)37-27-17-18-32-33(23-27)35(29-16-8-10-24-9-4-5-13-28(24)29)31-15-7-6-14-30(31)34(32)25-19-21-36-22-20-25/h1-23H,37H2. The number of hydrogen-bond acceptors (Lipinski definition) is 1. The molecule has 0 bridgehead atoms.